The molecule has 0 aromatic heterocycles. The number of amides is 1. The smallest absolute Gasteiger partial charge is 0.251 e. The molecule has 0 saturated heterocycles. The van der Waals surface area contributed by atoms with Crippen molar-refractivity contribution in [2.75, 3.05) is 13.1 Å². The predicted octanol–water partition coefficient (Wildman–Crippen LogP) is 2.49. The molecular formula is C9H9BrN4O. The van der Waals surface area contributed by atoms with Gasteiger partial charge in [0.15, 0.2) is 0 Å². The van der Waals surface area contributed by atoms with Crippen LogP contribution in [0.15, 0.2) is 33.9 Å². The summed E-state index contributed by atoms with van der Waals surface area (Å²) in [5.41, 5.74) is 8.60. The maximum absolute atomic E-state index is 11.5. The van der Waals surface area contributed by atoms with Gasteiger partial charge in [0, 0.05) is 28.0 Å². The third kappa shape index (κ3) is 4.01. The normalized spacial score (nSPS) is 9.13. The zero-order valence-corrected chi connectivity index (χ0v) is 9.44. The van der Waals surface area contributed by atoms with Gasteiger partial charge in [0.1, 0.15) is 0 Å². The van der Waals surface area contributed by atoms with Crippen LogP contribution in [0.3, 0.4) is 0 Å². The van der Waals surface area contributed by atoms with Crippen LogP contribution in [0.2, 0.25) is 0 Å². The van der Waals surface area contributed by atoms with E-state index < -0.39 is 0 Å². The van der Waals surface area contributed by atoms with Gasteiger partial charge in [-0.05, 0) is 23.7 Å². The number of hydrogen-bond donors (Lipinski definition) is 1. The second kappa shape index (κ2) is 6.06. The summed E-state index contributed by atoms with van der Waals surface area (Å²) in [5, 5.41) is 5.95. The topological polar surface area (TPSA) is 77.9 Å². The molecule has 1 N–H and O–H groups in total. The van der Waals surface area contributed by atoms with E-state index in [1.165, 1.54) is 0 Å². The second-order valence-electron chi connectivity index (χ2n) is 2.72. The lowest BCUT2D eigenvalue weighted by atomic mass is 10.2. The van der Waals surface area contributed by atoms with E-state index in [4.69, 9.17) is 5.53 Å². The lowest BCUT2D eigenvalue weighted by molar-refractivity contribution is 0.0954. The Hall–Kier alpha value is -1.52. The Morgan fingerprint density at radius 3 is 3.07 bits per heavy atom. The third-order valence-corrected chi connectivity index (χ3v) is 2.14. The van der Waals surface area contributed by atoms with Crippen molar-refractivity contribution in [3.05, 3.63) is 44.7 Å². The Labute approximate surface area is 95.2 Å². The summed E-state index contributed by atoms with van der Waals surface area (Å²) in [5.74, 6) is -0.176. The van der Waals surface area contributed by atoms with Crippen LogP contribution in [-0.4, -0.2) is 19.0 Å². The van der Waals surface area contributed by atoms with E-state index in [9.17, 15) is 4.79 Å². The van der Waals surface area contributed by atoms with Gasteiger partial charge < -0.3 is 5.32 Å². The zero-order chi connectivity index (χ0) is 11.1. The maximum atomic E-state index is 11.5. The van der Waals surface area contributed by atoms with Gasteiger partial charge in [-0.1, -0.05) is 27.1 Å². The van der Waals surface area contributed by atoms with Crippen LogP contribution in [0, 0.1) is 0 Å². The summed E-state index contributed by atoms with van der Waals surface area (Å²) < 4.78 is 0.852. The van der Waals surface area contributed by atoms with Crippen molar-refractivity contribution in [2.45, 2.75) is 0 Å². The quantitative estimate of drug-likeness (QED) is 0.387. The van der Waals surface area contributed by atoms with Crippen LogP contribution in [0.5, 0.6) is 0 Å². The number of benzene rings is 1. The molecule has 5 nitrogen and oxygen atoms in total. The number of halogens is 1. The molecular weight excluding hydrogens is 260 g/mol. The summed E-state index contributed by atoms with van der Waals surface area (Å²) in [6, 6.07) is 7.07. The summed E-state index contributed by atoms with van der Waals surface area (Å²) in [6.45, 7) is 0.603. The van der Waals surface area contributed by atoms with E-state index in [0.29, 0.717) is 12.1 Å². The van der Waals surface area contributed by atoms with Crippen LogP contribution in [0.1, 0.15) is 10.4 Å². The minimum atomic E-state index is -0.176. The molecule has 1 rings (SSSR count). The average Bonchev–Trinajstić information content (AvgIpc) is 2.24. The van der Waals surface area contributed by atoms with Crippen LogP contribution >= 0.6 is 15.9 Å². The number of carbonyl (C=O) groups excluding carboxylic acids is 1. The summed E-state index contributed by atoms with van der Waals surface area (Å²) >= 11 is 3.28. The third-order valence-electron chi connectivity index (χ3n) is 1.65. The highest BCUT2D eigenvalue weighted by Gasteiger charge is 2.03. The molecule has 0 atom stereocenters. The Morgan fingerprint density at radius 2 is 2.40 bits per heavy atom. The van der Waals surface area contributed by atoms with E-state index in [1.54, 1.807) is 18.2 Å². The highest BCUT2D eigenvalue weighted by Crippen LogP contribution is 2.11. The Balaban J connectivity index is 2.50. The van der Waals surface area contributed by atoms with Gasteiger partial charge >= 0.3 is 0 Å². The molecule has 1 aromatic rings. The van der Waals surface area contributed by atoms with Gasteiger partial charge in [0.25, 0.3) is 5.91 Å². The summed E-state index contributed by atoms with van der Waals surface area (Å²) in [6.07, 6.45) is 0. The van der Waals surface area contributed by atoms with E-state index in [1.807, 2.05) is 6.07 Å². The van der Waals surface area contributed by atoms with Crippen molar-refractivity contribution in [3.8, 4) is 0 Å². The fourth-order valence-corrected chi connectivity index (χ4v) is 1.40. The summed E-state index contributed by atoms with van der Waals surface area (Å²) in [4.78, 5) is 14.1. The van der Waals surface area contributed by atoms with Crippen molar-refractivity contribution in [2.24, 2.45) is 5.11 Å². The number of azide groups is 1. The van der Waals surface area contributed by atoms with Crippen LogP contribution in [0.25, 0.3) is 10.4 Å². The zero-order valence-electron chi connectivity index (χ0n) is 7.85. The molecule has 0 aliphatic carbocycles. The fraction of sp³-hybridized carbons (Fsp3) is 0.222. The van der Waals surface area contributed by atoms with Crippen molar-refractivity contribution < 1.29 is 4.79 Å². The Bertz CT molecular complexity index is 401. The molecule has 15 heavy (non-hydrogen) atoms. The molecule has 0 saturated carbocycles. The summed E-state index contributed by atoms with van der Waals surface area (Å²) in [7, 11) is 0. The molecule has 0 heterocycles. The molecule has 1 amide bonds. The van der Waals surface area contributed by atoms with Crippen molar-refractivity contribution >= 4 is 21.8 Å². The first-order valence-electron chi connectivity index (χ1n) is 4.28. The minimum absolute atomic E-state index is 0.176. The highest BCUT2D eigenvalue weighted by atomic mass is 79.9. The number of rotatable bonds is 4. The first-order chi connectivity index (χ1) is 7.24. The van der Waals surface area contributed by atoms with Crippen LogP contribution < -0.4 is 5.32 Å². The number of nitrogens with zero attached hydrogens (tertiary/aromatic N) is 3. The molecule has 1 aromatic carbocycles. The first kappa shape index (κ1) is 11.6. The molecule has 0 aliphatic rings. The van der Waals surface area contributed by atoms with Crippen molar-refractivity contribution in [3.63, 3.8) is 0 Å². The van der Waals surface area contributed by atoms with Crippen LogP contribution in [-0.2, 0) is 0 Å². The van der Waals surface area contributed by atoms with E-state index in [2.05, 4.69) is 31.3 Å². The first-order valence-corrected chi connectivity index (χ1v) is 5.08. The van der Waals surface area contributed by atoms with Gasteiger partial charge in [-0.15, -0.1) is 0 Å². The fourth-order valence-electron chi connectivity index (χ4n) is 0.996. The SMILES string of the molecule is [N-]=[N+]=NCCNC(=O)c1cccc(Br)c1. The van der Waals surface area contributed by atoms with Gasteiger partial charge in [-0.2, -0.15) is 0 Å². The molecule has 0 unspecified atom stereocenters. The molecule has 6 heteroatoms. The molecule has 0 bridgehead atoms. The highest BCUT2D eigenvalue weighted by molar-refractivity contribution is 9.10. The number of carbonyl (C=O) groups is 1. The van der Waals surface area contributed by atoms with Gasteiger partial charge in [0.2, 0.25) is 0 Å². The van der Waals surface area contributed by atoms with Gasteiger partial charge in [0.05, 0.1) is 0 Å². The maximum Gasteiger partial charge on any atom is 0.251 e. The molecule has 0 aliphatic heterocycles. The molecule has 0 spiro atoms. The average molecular weight is 269 g/mol. The van der Waals surface area contributed by atoms with E-state index >= 15 is 0 Å². The lowest BCUT2D eigenvalue weighted by Crippen LogP contribution is -2.25. The Morgan fingerprint density at radius 1 is 1.60 bits per heavy atom. The van der Waals surface area contributed by atoms with Gasteiger partial charge in [-0.25, -0.2) is 0 Å². The van der Waals surface area contributed by atoms with Crippen molar-refractivity contribution in [1.82, 2.24) is 5.32 Å². The van der Waals surface area contributed by atoms with E-state index in [-0.39, 0.29) is 12.5 Å². The van der Waals surface area contributed by atoms with Crippen molar-refractivity contribution in [1.29, 1.82) is 0 Å². The van der Waals surface area contributed by atoms with Gasteiger partial charge in [-0.3, -0.25) is 4.79 Å². The standard InChI is InChI=1S/C9H9BrN4O/c10-8-3-1-2-7(6-8)9(15)12-4-5-13-14-11/h1-3,6H,4-5H2,(H,12,15). The number of hydrogen-bond acceptors (Lipinski definition) is 2. The molecule has 78 valence electrons. The molecule has 0 radical (unpaired) electrons. The Kier molecular flexibility index (Phi) is 4.66. The largest absolute Gasteiger partial charge is 0.352 e. The predicted molar refractivity (Wildman–Crippen MR) is 60.5 cm³/mol. The monoisotopic (exact) mass is 268 g/mol. The second-order valence-corrected chi connectivity index (χ2v) is 3.64. The molecule has 0 fully saturated rings. The minimum Gasteiger partial charge on any atom is -0.352 e. The number of nitrogens with one attached hydrogen (secondary N) is 1. The lowest BCUT2D eigenvalue weighted by Gasteiger charge is -2.02. The van der Waals surface area contributed by atoms with E-state index in [0.717, 1.165) is 4.47 Å². The van der Waals surface area contributed by atoms with Crippen LogP contribution in [0.4, 0.5) is 0 Å².